The summed E-state index contributed by atoms with van der Waals surface area (Å²) in [6.45, 7) is 65.8. The van der Waals surface area contributed by atoms with Crippen molar-refractivity contribution in [3.63, 3.8) is 0 Å². The lowest BCUT2D eigenvalue weighted by Crippen LogP contribution is -2.53. The number of aliphatic hydroxyl groups is 1. The standard InChI is InChI=1S/C10H22N2O.C10H22N2.C10H21N.C9H20N2.C9H19N.C5H10O2/c1-10(2,3)12-6-4-11(5-7-12)8-9-13;1-5-11-6-8-12(9-7-11)10(2,3)4;1-9-6-5-7-11(8-9)10(2,3)4;1-9(2,3)11-7-5-10(4)6-8-11;1-9(2,3)10-7-5-4-6-8-10;1-5(2,3)4(6)7/h13H,4-9H2,1-3H3;5-9H2,1-4H3;9H,5-8H2,1-4H3;5-8H2,1-4H3;4-8H2,1-3H3;1-3H3,(H,6,7). The molecule has 0 aromatic carbocycles. The Bertz CT molecular complexity index is 1180. The van der Waals surface area contributed by atoms with Gasteiger partial charge in [0.05, 0.1) is 12.0 Å². The molecule has 0 aromatic heterocycles. The third-order valence-electron chi connectivity index (χ3n) is 13.5. The van der Waals surface area contributed by atoms with Crippen molar-refractivity contribution < 1.29 is 15.0 Å². The fourth-order valence-electron chi connectivity index (χ4n) is 8.36. The van der Waals surface area contributed by atoms with Crippen molar-refractivity contribution in [3.8, 4) is 0 Å². The molecule has 2 N–H and O–H groups in total. The molecule has 5 saturated heterocycles. The Balaban J connectivity index is 0.000000750. The highest BCUT2D eigenvalue weighted by Crippen LogP contribution is 2.23. The molecule has 0 spiro atoms. The van der Waals surface area contributed by atoms with Gasteiger partial charge in [0.2, 0.25) is 0 Å². The van der Waals surface area contributed by atoms with E-state index in [9.17, 15) is 4.79 Å². The number of piperidine rings is 2. The van der Waals surface area contributed by atoms with Crippen LogP contribution in [0.25, 0.3) is 0 Å². The van der Waals surface area contributed by atoms with E-state index in [0.29, 0.717) is 27.7 Å². The van der Waals surface area contributed by atoms with Gasteiger partial charge >= 0.3 is 5.97 Å². The highest BCUT2D eigenvalue weighted by molar-refractivity contribution is 5.72. The van der Waals surface area contributed by atoms with Gasteiger partial charge < -0.3 is 20.0 Å². The zero-order valence-corrected chi connectivity index (χ0v) is 46.9. The van der Waals surface area contributed by atoms with Crippen LogP contribution < -0.4 is 0 Å². The van der Waals surface area contributed by atoms with Crippen LogP contribution in [0.4, 0.5) is 0 Å². The van der Waals surface area contributed by atoms with E-state index in [1.807, 2.05) is 0 Å². The maximum Gasteiger partial charge on any atom is 0.308 e. The summed E-state index contributed by atoms with van der Waals surface area (Å²) in [6.07, 6.45) is 7.05. The number of β-amino-alcohol motifs (C(OH)–C–C–N with tert-alkyl or cyclic N) is 1. The number of carbonyl (C=O) groups is 1. The molecule has 1 atom stereocenters. The molecule has 5 aliphatic heterocycles. The number of hydrogen-bond acceptors (Lipinski definition) is 10. The summed E-state index contributed by atoms with van der Waals surface area (Å²) in [7, 11) is 2.19. The minimum atomic E-state index is -0.757. The van der Waals surface area contributed by atoms with Gasteiger partial charge in [0.25, 0.3) is 0 Å². The topological polar surface area (TPSA) is 83.4 Å². The molecule has 5 rings (SSSR count). The molecule has 5 fully saturated rings. The summed E-state index contributed by atoms with van der Waals surface area (Å²) in [6, 6.07) is 0. The van der Waals surface area contributed by atoms with Gasteiger partial charge in [-0.05, 0) is 189 Å². The lowest BCUT2D eigenvalue weighted by atomic mass is 9.95. The van der Waals surface area contributed by atoms with Crippen molar-refractivity contribution in [1.29, 1.82) is 0 Å². The van der Waals surface area contributed by atoms with Crippen LogP contribution in [0.3, 0.4) is 0 Å². The van der Waals surface area contributed by atoms with Crippen LogP contribution in [0.5, 0.6) is 0 Å². The molecule has 5 aliphatic rings. The van der Waals surface area contributed by atoms with Crippen LogP contribution >= 0.6 is 0 Å². The van der Waals surface area contributed by atoms with E-state index in [1.165, 1.54) is 117 Å². The third-order valence-corrected chi connectivity index (χ3v) is 13.5. The van der Waals surface area contributed by atoms with E-state index in [0.717, 1.165) is 38.6 Å². The fourth-order valence-corrected chi connectivity index (χ4v) is 8.36. The molecule has 11 heteroatoms. The number of nitrogens with zero attached hydrogens (tertiary/aromatic N) is 8. The summed E-state index contributed by atoms with van der Waals surface area (Å²) < 4.78 is 0. The number of hydrogen-bond donors (Lipinski definition) is 2. The first-order valence-electron chi connectivity index (χ1n) is 25.9. The van der Waals surface area contributed by atoms with Gasteiger partial charge in [-0.15, -0.1) is 0 Å². The van der Waals surface area contributed by atoms with Gasteiger partial charge in [-0.25, -0.2) is 0 Å². The Morgan fingerprint density at radius 3 is 1.05 bits per heavy atom. The number of likely N-dealkylation sites (tertiary alicyclic amines) is 2. The third kappa shape index (κ3) is 28.4. The molecule has 384 valence electrons. The number of piperazine rings is 3. The second-order valence-corrected chi connectivity index (χ2v) is 25.4. The average molecular weight is 912 g/mol. The second kappa shape index (κ2) is 29.2. The predicted octanol–water partition coefficient (Wildman–Crippen LogP) is 8.75. The zero-order chi connectivity index (χ0) is 49.7. The average Bonchev–Trinajstić information content (AvgIpc) is 3.18. The molecular formula is C53H114N8O3. The molecule has 0 radical (unpaired) electrons. The minimum absolute atomic E-state index is 0.287. The van der Waals surface area contributed by atoms with Crippen LogP contribution in [0.2, 0.25) is 0 Å². The largest absolute Gasteiger partial charge is 0.481 e. The minimum Gasteiger partial charge on any atom is -0.481 e. The van der Waals surface area contributed by atoms with Crippen LogP contribution in [0.15, 0.2) is 0 Å². The summed E-state index contributed by atoms with van der Waals surface area (Å²) in [5.41, 5.74) is 1.22. The molecule has 1 unspecified atom stereocenters. The van der Waals surface area contributed by atoms with Gasteiger partial charge in [-0.1, -0.05) is 20.3 Å². The van der Waals surface area contributed by atoms with Gasteiger partial charge in [0, 0.05) is 119 Å². The number of carboxylic acid groups (broad SMARTS) is 1. The summed E-state index contributed by atoms with van der Waals surface area (Å²) >= 11 is 0. The normalized spacial score (nSPS) is 22.8. The highest BCUT2D eigenvalue weighted by Gasteiger charge is 2.28. The Morgan fingerprint density at radius 2 is 0.781 bits per heavy atom. The first kappa shape index (κ1) is 63.1. The van der Waals surface area contributed by atoms with Gasteiger partial charge in [0.1, 0.15) is 0 Å². The molecular weight excluding hydrogens is 797 g/mol. The Labute approximate surface area is 400 Å². The quantitative estimate of drug-likeness (QED) is 0.286. The number of rotatable bonds is 3. The van der Waals surface area contributed by atoms with E-state index in [4.69, 9.17) is 10.2 Å². The Morgan fingerprint density at radius 1 is 0.469 bits per heavy atom. The number of aliphatic carboxylic acids is 1. The predicted molar refractivity (Wildman–Crippen MR) is 279 cm³/mol. The molecule has 5 heterocycles. The lowest BCUT2D eigenvalue weighted by Gasteiger charge is -2.42. The SMILES string of the molecule is CC(C)(C)C(=O)O.CC(C)(C)N1CCCCC1.CC(C)(C)N1CCN(CCO)CC1.CC1CCCN(C(C)(C)C)C1.CCN1CCN(C(C)(C)C)CC1.CN1CCN(C(C)(C)C)CC1. The number of carboxylic acids is 1. The monoisotopic (exact) mass is 911 g/mol. The number of likely N-dealkylation sites (N-methyl/N-ethyl adjacent to an activating group) is 2. The van der Waals surface area contributed by atoms with Crippen molar-refractivity contribution in [2.24, 2.45) is 11.3 Å². The molecule has 0 aliphatic carbocycles. The molecule has 64 heavy (non-hydrogen) atoms. The molecule has 0 amide bonds. The highest BCUT2D eigenvalue weighted by atomic mass is 16.4. The Hall–Kier alpha value is -0.890. The van der Waals surface area contributed by atoms with Crippen molar-refractivity contribution in [1.82, 2.24) is 39.2 Å². The summed E-state index contributed by atoms with van der Waals surface area (Å²) in [4.78, 5) is 30.0. The van der Waals surface area contributed by atoms with E-state index >= 15 is 0 Å². The van der Waals surface area contributed by atoms with E-state index < -0.39 is 11.4 Å². The van der Waals surface area contributed by atoms with Crippen LogP contribution in [-0.4, -0.2) is 215 Å². The smallest absolute Gasteiger partial charge is 0.308 e. The van der Waals surface area contributed by atoms with Crippen LogP contribution in [0, 0.1) is 11.3 Å². The Kier molecular flexibility index (Phi) is 28.8. The van der Waals surface area contributed by atoms with Gasteiger partial charge in [0.15, 0.2) is 0 Å². The fraction of sp³-hybridized carbons (Fsp3) is 0.981. The van der Waals surface area contributed by atoms with Crippen molar-refractivity contribution in [2.45, 2.75) is 198 Å². The van der Waals surface area contributed by atoms with E-state index in [2.05, 4.69) is 164 Å². The molecule has 0 saturated carbocycles. The zero-order valence-electron chi connectivity index (χ0n) is 46.9. The second-order valence-electron chi connectivity index (χ2n) is 25.4. The van der Waals surface area contributed by atoms with Crippen LogP contribution in [-0.2, 0) is 4.79 Å². The maximum atomic E-state index is 10.0. The molecule has 11 nitrogen and oxygen atoms in total. The molecule has 0 aromatic rings. The maximum absolute atomic E-state index is 10.0. The van der Waals surface area contributed by atoms with Crippen molar-refractivity contribution in [3.05, 3.63) is 0 Å². The van der Waals surface area contributed by atoms with Crippen molar-refractivity contribution >= 4 is 5.97 Å². The van der Waals surface area contributed by atoms with Gasteiger partial charge in [-0.3, -0.25) is 34.2 Å². The first-order chi connectivity index (χ1) is 29.1. The van der Waals surface area contributed by atoms with E-state index in [1.54, 1.807) is 20.8 Å². The summed E-state index contributed by atoms with van der Waals surface area (Å²) in [5.74, 6) is 0.149. The van der Waals surface area contributed by atoms with Crippen molar-refractivity contribution in [2.75, 3.05) is 131 Å². The molecule has 0 bridgehead atoms. The van der Waals surface area contributed by atoms with Crippen LogP contribution in [0.1, 0.15) is 171 Å². The lowest BCUT2D eigenvalue weighted by molar-refractivity contribution is -0.145. The van der Waals surface area contributed by atoms with E-state index in [-0.39, 0.29) is 6.61 Å². The first-order valence-corrected chi connectivity index (χ1v) is 25.9. The summed E-state index contributed by atoms with van der Waals surface area (Å²) in [5, 5.41) is 17.0. The van der Waals surface area contributed by atoms with Gasteiger partial charge in [-0.2, -0.15) is 0 Å². The number of aliphatic hydroxyl groups excluding tert-OH is 1.